The molecular weight excluding hydrogens is 608 g/mol. The van der Waals surface area contributed by atoms with Crippen LogP contribution in [0.3, 0.4) is 0 Å². The number of urea groups is 1. The molecule has 4 heterocycles. The topological polar surface area (TPSA) is 126 Å². The highest BCUT2D eigenvalue weighted by Gasteiger charge is 2.37. The number of anilines is 1. The molecule has 0 aromatic heterocycles. The van der Waals surface area contributed by atoms with E-state index in [1.54, 1.807) is 21.9 Å². The number of para-hydroxylation sites is 1. The Kier molecular flexibility index (Phi) is 10.3. The van der Waals surface area contributed by atoms with Gasteiger partial charge in [0.1, 0.15) is 21.4 Å². The number of nitrogens with one attached hydrogen (secondary N) is 1. The second-order valence-electron chi connectivity index (χ2n) is 14.0. The highest BCUT2D eigenvalue weighted by Crippen LogP contribution is 2.28. The molecule has 11 nitrogen and oxygen atoms in total. The average molecular weight is 653 g/mol. The van der Waals surface area contributed by atoms with Gasteiger partial charge >= 0.3 is 12.1 Å². The summed E-state index contributed by atoms with van der Waals surface area (Å²) in [5.41, 5.74) is 2.08. The average Bonchev–Trinajstić information content (AvgIpc) is 3.24. The van der Waals surface area contributed by atoms with Crippen molar-refractivity contribution in [1.82, 2.24) is 19.6 Å². The van der Waals surface area contributed by atoms with Crippen molar-refractivity contribution in [3.05, 3.63) is 47.5 Å². The molecule has 0 unspecified atom stereocenters. The van der Waals surface area contributed by atoms with Crippen LogP contribution in [0.15, 0.2) is 36.4 Å². The third-order valence-corrected chi connectivity index (χ3v) is 10.6. The van der Waals surface area contributed by atoms with Gasteiger partial charge in [-0.2, -0.15) is 0 Å². The molecule has 3 fully saturated rings. The molecule has 1 atom stereocenters. The van der Waals surface area contributed by atoms with Crippen molar-refractivity contribution >= 4 is 50.3 Å². The van der Waals surface area contributed by atoms with E-state index in [2.05, 4.69) is 10.2 Å². The maximum absolute atomic E-state index is 14.0. The summed E-state index contributed by atoms with van der Waals surface area (Å²) < 4.78 is 5.97. The van der Waals surface area contributed by atoms with E-state index < -0.39 is 17.8 Å². The fourth-order valence-corrected chi connectivity index (χ4v) is 7.58. The highest BCUT2D eigenvalue weighted by atomic mass is 16.6. The summed E-state index contributed by atoms with van der Waals surface area (Å²) in [5, 5.41) is 23.5. The summed E-state index contributed by atoms with van der Waals surface area (Å²) in [6.45, 7) is 6.03. The Morgan fingerprint density at radius 2 is 1.54 bits per heavy atom. The largest absolute Gasteiger partial charge is 0.509 e. The van der Waals surface area contributed by atoms with Crippen molar-refractivity contribution in [3.63, 3.8) is 0 Å². The van der Waals surface area contributed by atoms with Gasteiger partial charge in [0.05, 0.1) is 5.60 Å². The summed E-state index contributed by atoms with van der Waals surface area (Å²) in [6.07, 6.45) is 3.41. The first-order valence-electron chi connectivity index (χ1n) is 17.2. The van der Waals surface area contributed by atoms with E-state index in [4.69, 9.17) is 20.4 Å². The third-order valence-electron chi connectivity index (χ3n) is 10.6. The third kappa shape index (κ3) is 7.78. The summed E-state index contributed by atoms with van der Waals surface area (Å²) in [5.74, 6) is -0.492. The van der Waals surface area contributed by atoms with Crippen LogP contribution in [0, 0.1) is 0 Å². The number of rotatable bonds is 6. The van der Waals surface area contributed by atoms with E-state index in [0.717, 1.165) is 56.4 Å². The van der Waals surface area contributed by atoms with Crippen molar-refractivity contribution in [2.45, 2.75) is 82.1 Å². The van der Waals surface area contributed by atoms with E-state index in [0.29, 0.717) is 57.2 Å². The number of aliphatic hydroxyl groups is 1. The second kappa shape index (κ2) is 14.4. The molecule has 0 aliphatic carbocycles. The predicted molar refractivity (Wildman–Crippen MR) is 184 cm³/mol. The molecule has 4 aliphatic rings. The molecule has 2 aromatic rings. The molecule has 4 amide bonds. The number of likely N-dealkylation sites (tertiary alicyclic amines) is 3. The number of nitrogens with zero attached hydrogens (tertiary/aromatic N) is 4. The standard InChI is InChI=1S/C35H45B2N5O6/c1-35(47)11-18-39(19-12-35)25-7-13-40(14-8-25)32(44)30(22-23-20-27(36)31(43)28(37)21-23)48-34(46)41-15-9-26(10-16-41)42-17-6-24-4-2-3-5-29(24)38-33(42)45/h2-5,20-21,25-26,30,43,47H,6-19,22H2,1H3,(H,38,45)/t30-/m1/s1. The van der Waals surface area contributed by atoms with E-state index in [1.807, 2.05) is 36.1 Å². The smallest absolute Gasteiger partial charge is 0.410 e. The summed E-state index contributed by atoms with van der Waals surface area (Å²) in [7, 11) is 11.9. The first-order valence-corrected chi connectivity index (χ1v) is 17.2. The number of ether oxygens (including phenoxy) is 1. The van der Waals surface area contributed by atoms with Crippen LogP contribution in [0.25, 0.3) is 0 Å². The Morgan fingerprint density at radius 1 is 0.938 bits per heavy atom. The molecule has 48 heavy (non-hydrogen) atoms. The van der Waals surface area contributed by atoms with Gasteiger partial charge in [0.25, 0.3) is 5.91 Å². The SMILES string of the molecule is [B]c1cc(C[C@@H](OC(=O)N2CCC(N3CCc4ccccc4NC3=O)CC2)C(=O)N2CCC(N3CCC(C)(O)CC3)CC2)cc([B])c1O. The predicted octanol–water partition coefficient (Wildman–Crippen LogP) is 1.42. The minimum atomic E-state index is -1.10. The summed E-state index contributed by atoms with van der Waals surface area (Å²) in [6, 6.07) is 11.1. The van der Waals surface area contributed by atoms with Crippen LogP contribution in [0.2, 0.25) is 0 Å². The number of carbonyl (C=O) groups is 3. The van der Waals surface area contributed by atoms with Gasteiger partial charge in [0, 0.05) is 70.0 Å². The van der Waals surface area contributed by atoms with Crippen LogP contribution < -0.4 is 16.2 Å². The number of phenolic OH excluding ortho intramolecular Hbond substituents is 1. The van der Waals surface area contributed by atoms with Crippen LogP contribution in [-0.4, -0.2) is 133 Å². The maximum Gasteiger partial charge on any atom is 0.410 e. The van der Waals surface area contributed by atoms with Crippen LogP contribution >= 0.6 is 0 Å². The van der Waals surface area contributed by atoms with Crippen molar-refractivity contribution in [2.24, 2.45) is 0 Å². The van der Waals surface area contributed by atoms with Gasteiger partial charge in [-0.05, 0) is 69.1 Å². The van der Waals surface area contributed by atoms with Gasteiger partial charge in [-0.3, -0.25) is 4.79 Å². The second-order valence-corrected chi connectivity index (χ2v) is 14.0. The molecule has 3 N–H and O–H groups in total. The number of aromatic hydroxyl groups is 1. The first-order chi connectivity index (χ1) is 23.0. The van der Waals surface area contributed by atoms with E-state index in [9.17, 15) is 24.6 Å². The quantitative estimate of drug-likeness (QED) is 0.403. The number of benzene rings is 2. The fraction of sp³-hybridized carbons (Fsp3) is 0.571. The number of hydrogen-bond acceptors (Lipinski definition) is 7. The lowest BCUT2D eigenvalue weighted by atomic mass is 9.83. The Labute approximate surface area is 285 Å². The molecule has 4 aliphatic heterocycles. The van der Waals surface area contributed by atoms with Crippen molar-refractivity contribution in [3.8, 4) is 5.75 Å². The summed E-state index contributed by atoms with van der Waals surface area (Å²) >= 11 is 0. The van der Waals surface area contributed by atoms with Gasteiger partial charge < -0.3 is 39.9 Å². The van der Waals surface area contributed by atoms with Crippen LogP contribution in [0.1, 0.15) is 56.6 Å². The molecule has 4 radical (unpaired) electrons. The van der Waals surface area contributed by atoms with Crippen molar-refractivity contribution in [1.29, 1.82) is 0 Å². The van der Waals surface area contributed by atoms with Crippen LogP contribution in [0.4, 0.5) is 15.3 Å². The molecule has 3 saturated heterocycles. The van der Waals surface area contributed by atoms with Gasteiger partial charge in [-0.15, -0.1) is 0 Å². The minimum absolute atomic E-state index is 0.0175. The molecule has 0 saturated carbocycles. The Balaban J connectivity index is 1.08. The molecule has 0 bridgehead atoms. The van der Waals surface area contributed by atoms with Crippen molar-refractivity contribution < 1.29 is 29.3 Å². The maximum atomic E-state index is 14.0. The molecule has 0 spiro atoms. The minimum Gasteiger partial charge on any atom is -0.509 e. The summed E-state index contributed by atoms with van der Waals surface area (Å²) in [4.78, 5) is 48.2. The number of hydrogen-bond donors (Lipinski definition) is 3. The lowest BCUT2D eigenvalue weighted by molar-refractivity contribution is -0.142. The van der Waals surface area contributed by atoms with Crippen LogP contribution in [0.5, 0.6) is 5.75 Å². The number of phenols is 1. The molecule has 2 aromatic carbocycles. The van der Waals surface area contributed by atoms with E-state index in [1.165, 1.54) is 0 Å². The van der Waals surface area contributed by atoms with E-state index >= 15 is 0 Å². The van der Waals surface area contributed by atoms with Crippen molar-refractivity contribution in [2.75, 3.05) is 51.1 Å². The van der Waals surface area contributed by atoms with Gasteiger partial charge in [0.2, 0.25) is 0 Å². The molecule has 252 valence electrons. The molecular formula is C35H45B2N5O6. The first kappa shape index (κ1) is 34.2. The highest BCUT2D eigenvalue weighted by molar-refractivity contribution is 6.41. The van der Waals surface area contributed by atoms with E-state index in [-0.39, 0.29) is 41.1 Å². The van der Waals surface area contributed by atoms with Crippen LogP contribution in [-0.2, 0) is 22.4 Å². The molecule has 6 rings (SSSR count). The fourth-order valence-electron chi connectivity index (χ4n) is 7.58. The van der Waals surface area contributed by atoms with Gasteiger partial charge in [0.15, 0.2) is 6.10 Å². The van der Waals surface area contributed by atoms with Gasteiger partial charge in [-0.25, -0.2) is 9.59 Å². The normalized spacial score (nSPS) is 21.6. The zero-order chi connectivity index (χ0) is 34.0. The number of piperidine rings is 3. The zero-order valence-corrected chi connectivity index (χ0v) is 27.8. The Hall–Kier alpha value is -3.70. The number of amides is 4. The lowest BCUT2D eigenvalue weighted by Crippen LogP contribution is -2.54. The van der Waals surface area contributed by atoms with Gasteiger partial charge in [-0.1, -0.05) is 41.3 Å². The molecule has 13 heteroatoms. The Morgan fingerprint density at radius 3 is 2.21 bits per heavy atom. The number of carbonyl (C=O) groups excluding carboxylic acids is 3. The number of fused-ring (bicyclic) bond motifs is 1. The zero-order valence-electron chi connectivity index (χ0n) is 27.8. The Bertz CT molecular complexity index is 1480. The lowest BCUT2D eigenvalue weighted by Gasteiger charge is -2.43. The monoisotopic (exact) mass is 653 g/mol.